The zero-order valence-corrected chi connectivity index (χ0v) is 18.6. The molecule has 7 heteroatoms. The first kappa shape index (κ1) is 20.2. The van der Waals surface area contributed by atoms with E-state index >= 15 is 0 Å². The van der Waals surface area contributed by atoms with Gasteiger partial charge in [-0.25, -0.2) is 4.52 Å². The minimum absolute atomic E-state index is 0.0124. The minimum atomic E-state index is -0.0124. The first-order valence-electron chi connectivity index (χ1n) is 10.3. The van der Waals surface area contributed by atoms with Crippen molar-refractivity contribution in [2.45, 2.75) is 39.3 Å². The summed E-state index contributed by atoms with van der Waals surface area (Å²) < 4.78 is 9.98. The Bertz CT molecular complexity index is 1270. The van der Waals surface area contributed by atoms with Crippen molar-refractivity contribution >= 4 is 34.6 Å². The molecule has 0 saturated carbocycles. The number of ether oxygens (including phenoxy) is 1. The van der Waals surface area contributed by atoms with E-state index in [0.29, 0.717) is 22.3 Å². The van der Waals surface area contributed by atoms with Crippen LogP contribution >= 0.6 is 23.2 Å². The number of Topliss-reactive ketones (excluding diaryl/α,β-unsaturated/α-hetero) is 1. The minimum Gasteiger partial charge on any atom is -0.486 e. The Labute approximate surface area is 190 Å². The number of aryl methyl sites for hydroxylation is 2. The predicted molar refractivity (Wildman–Crippen MR) is 122 cm³/mol. The molecule has 0 bridgehead atoms. The summed E-state index contributed by atoms with van der Waals surface area (Å²) in [5, 5.41) is 6.16. The van der Waals surface area contributed by atoms with Crippen molar-refractivity contribution in [3.05, 3.63) is 75.7 Å². The van der Waals surface area contributed by atoms with Gasteiger partial charge < -0.3 is 9.30 Å². The van der Waals surface area contributed by atoms with Crippen LogP contribution in [0, 0.1) is 0 Å². The molecule has 158 valence electrons. The Morgan fingerprint density at radius 1 is 1.03 bits per heavy atom. The smallest absolute Gasteiger partial charge is 0.178 e. The molecule has 1 aliphatic heterocycles. The van der Waals surface area contributed by atoms with Crippen LogP contribution in [-0.2, 0) is 19.6 Å². The molecule has 0 saturated heterocycles. The average molecular weight is 454 g/mol. The number of benzene rings is 2. The molecule has 3 heterocycles. The summed E-state index contributed by atoms with van der Waals surface area (Å²) >= 11 is 12.1. The maximum atomic E-state index is 12.7. The monoisotopic (exact) mass is 453 g/mol. The van der Waals surface area contributed by atoms with E-state index in [1.165, 1.54) is 0 Å². The van der Waals surface area contributed by atoms with E-state index in [1.807, 2.05) is 40.9 Å². The SMILES string of the molecule is CC(=O)c1c(-c2ccc(Cl)cc2)c2c3n(c(COc4ccc(Cl)cc4)nn13)CCCC2. The lowest BCUT2D eigenvalue weighted by atomic mass is 9.97. The van der Waals surface area contributed by atoms with Crippen LogP contribution in [0.4, 0.5) is 0 Å². The number of hydrogen-bond acceptors (Lipinski definition) is 3. The van der Waals surface area contributed by atoms with E-state index < -0.39 is 0 Å². The maximum absolute atomic E-state index is 12.7. The maximum Gasteiger partial charge on any atom is 0.178 e. The van der Waals surface area contributed by atoms with Crippen LogP contribution in [0.2, 0.25) is 10.0 Å². The van der Waals surface area contributed by atoms with Crippen molar-refractivity contribution in [3.8, 4) is 16.9 Å². The van der Waals surface area contributed by atoms with E-state index in [-0.39, 0.29) is 5.78 Å². The van der Waals surface area contributed by atoms with Gasteiger partial charge in [-0.2, -0.15) is 0 Å². The van der Waals surface area contributed by atoms with Crippen LogP contribution in [0.5, 0.6) is 5.75 Å². The predicted octanol–water partition coefficient (Wildman–Crippen LogP) is 6.23. The Balaban J connectivity index is 1.63. The summed E-state index contributed by atoms with van der Waals surface area (Å²) in [6.07, 6.45) is 3.00. The molecular formula is C24H21Cl2N3O2. The molecule has 0 atom stereocenters. The highest BCUT2D eigenvalue weighted by atomic mass is 35.5. The van der Waals surface area contributed by atoms with Gasteiger partial charge in [0.1, 0.15) is 23.7 Å². The second kappa shape index (κ2) is 8.06. The highest BCUT2D eigenvalue weighted by Gasteiger charge is 2.29. The molecule has 0 radical (unpaired) electrons. The molecule has 31 heavy (non-hydrogen) atoms. The average Bonchev–Trinajstić information content (AvgIpc) is 3.15. The third-order valence-electron chi connectivity index (χ3n) is 5.71. The molecule has 0 N–H and O–H groups in total. The Kier molecular flexibility index (Phi) is 5.24. The number of aromatic nitrogens is 3. The molecule has 1 aliphatic rings. The zero-order chi connectivity index (χ0) is 21.5. The number of ketones is 1. The first-order chi connectivity index (χ1) is 15.0. The van der Waals surface area contributed by atoms with Crippen LogP contribution in [0.3, 0.4) is 0 Å². The van der Waals surface area contributed by atoms with Crippen LogP contribution in [0.25, 0.3) is 16.8 Å². The molecule has 0 unspecified atom stereocenters. The van der Waals surface area contributed by atoms with Gasteiger partial charge >= 0.3 is 0 Å². The third kappa shape index (κ3) is 3.62. The van der Waals surface area contributed by atoms with Crippen LogP contribution in [0.1, 0.15) is 41.6 Å². The highest BCUT2D eigenvalue weighted by molar-refractivity contribution is 6.30. The summed E-state index contributed by atoms with van der Waals surface area (Å²) in [6.45, 7) is 2.76. The zero-order valence-electron chi connectivity index (χ0n) is 17.1. The topological polar surface area (TPSA) is 48.5 Å². The van der Waals surface area contributed by atoms with Gasteiger partial charge in [-0.1, -0.05) is 35.3 Å². The van der Waals surface area contributed by atoms with Crippen molar-refractivity contribution in [1.82, 2.24) is 14.2 Å². The van der Waals surface area contributed by atoms with E-state index in [0.717, 1.165) is 59.7 Å². The Morgan fingerprint density at radius 3 is 2.39 bits per heavy atom. The fourth-order valence-electron chi connectivity index (χ4n) is 4.34. The lowest BCUT2D eigenvalue weighted by Gasteiger charge is -2.09. The van der Waals surface area contributed by atoms with Crippen LogP contribution in [-0.4, -0.2) is 20.0 Å². The summed E-state index contributed by atoms with van der Waals surface area (Å²) in [5.41, 5.74) is 4.72. The standard InChI is InChI=1S/C24H21Cl2N3O2/c1-15(30)23-22(16-5-7-17(25)8-6-16)20-4-2-3-13-28-21(27-29(23)24(20)28)14-31-19-11-9-18(26)10-12-19/h5-12H,2-4,13-14H2,1H3. The molecule has 0 aliphatic carbocycles. The van der Waals surface area contributed by atoms with Crippen molar-refractivity contribution in [1.29, 1.82) is 0 Å². The van der Waals surface area contributed by atoms with Gasteiger partial charge in [-0.05, 0) is 61.2 Å². The first-order valence-corrected chi connectivity index (χ1v) is 11.1. The highest BCUT2D eigenvalue weighted by Crippen LogP contribution is 2.37. The number of nitrogens with zero attached hydrogens (tertiary/aromatic N) is 3. The number of carbonyl (C=O) groups is 1. The van der Waals surface area contributed by atoms with E-state index in [1.54, 1.807) is 19.1 Å². The third-order valence-corrected chi connectivity index (χ3v) is 6.21. The molecule has 4 aromatic rings. The lowest BCUT2D eigenvalue weighted by molar-refractivity contribution is 0.101. The molecule has 2 aromatic heterocycles. The summed E-state index contributed by atoms with van der Waals surface area (Å²) in [7, 11) is 0. The molecule has 2 aromatic carbocycles. The fourth-order valence-corrected chi connectivity index (χ4v) is 4.59. The molecule has 5 rings (SSSR count). The van der Waals surface area contributed by atoms with Gasteiger partial charge in [0.25, 0.3) is 0 Å². The molecule has 0 spiro atoms. The van der Waals surface area contributed by atoms with Crippen LogP contribution in [0.15, 0.2) is 48.5 Å². The van der Waals surface area contributed by atoms with Crippen molar-refractivity contribution in [3.63, 3.8) is 0 Å². The number of halogens is 2. The second-order valence-corrected chi connectivity index (χ2v) is 8.64. The van der Waals surface area contributed by atoms with Gasteiger partial charge in [-0.15, -0.1) is 5.10 Å². The normalized spacial score (nSPS) is 13.4. The van der Waals surface area contributed by atoms with Crippen molar-refractivity contribution in [2.24, 2.45) is 0 Å². The van der Waals surface area contributed by atoms with Crippen molar-refractivity contribution in [2.75, 3.05) is 0 Å². The van der Waals surface area contributed by atoms with E-state index in [4.69, 9.17) is 33.0 Å². The molecular weight excluding hydrogens is 433 g/mol. The van der Waals surface area contributed by atoms with Gasteiger partial charge in [0, 0.05) is 34.6 Å². The number of hydrogen-bond donors (Lipinski definition) is 0. The molecule has 0 amide bonds. The van der Waals surface area contributed by atoms with Crippen LogP contribution < -0.4 is 4.74 Å². The second-order valence-electron chi connectivity index (χ2n) is 7.77. The van der Waals surface area contributed by atoms with Gasteiger partial charge in [-0.3, -0.25) is 4.79 Å². The van der Waals surface area contributed by atoms with E-state index in [9.17, 15) is 4.79 Å². The Morgan fingerprint density at radius 2 is 1.71 bits per heavy atom. The molecule has 0 fully saturated rings. The van der Waals surface area contributed by atoms with Crippen molar-refractivity contribution < 1.29 is 9.53 Å². The number of rotatable bonds is 5. The summed E-state index contributed by atoms with van der Waals surface area (Å²) in [4.78, 5) is 12.7. The lowest BCUT2D eigenvalue weighted by Crippen LogP contribution is -2.07. The Hall–Kier alpha value is -2.76. The number of carbonyl (C=O) groups excluding carboxylic acids is 1. The fraction of sp³-hybridized carbons (Fsp3) is 0.250. The van der Waals surface area contributed by atoms with Gasteiger partial charge in [0.05, 0.1) is 0 Å². The summed E-state index contributed by atoms with van der Waals surface area (Å²) in [5.74, 6) is 1.52. The van der Waals surface area contributed by atoms with Gasteiger partial charge in [0.15, 0.2) is 11.6 Å². The van der Waals surface area contributed by atoms with E-state index in [2.05, 4.69) is 4.57 Å². The quantitative estimate of drug-likeness (QED) is 0.336. The molecule has 5 nitrogen and oxygen atoms in total. The largest absolute Gasteiger partial charge is 0.486 e. The van der Waals surface area contributed by atoms with Gasteiger partial charge in [0.2, 0.25) is 0 Å². The summed E-state index contributed by atoms with van der Waals surface area (Å²) in [6, 6.07) is 14.9.